The third-order valence-electron chi connectivity index (χ3n) is 4.34. The third kappa shape index (κ3) is 3.11. The minimum absolute atomic E-state index is 0.0353. The van der Waals surface area contributed by atoms with Crippen LogP contribution in [0.5, 0.6) is 0 Å². The summed E-state index contributed by atoms with van der Waals surface area (Å²) in [7, 11) is 0. The molecule has 1 saturated heterocycles. The summed E-state index contributed by atoms with van der Waals surface area (Å²) < 4.78 is 21.0. The molecule has 1 fully saturated rings. The lowest BCUT2D eigenvalue weighted by Crippen LogP contribution is -2.23. The Hall–Kier alpha value is -2.43. The predicted octanol–water partition coefficient (Wildman–Crippen LogP) is 4.15. The molecule has 2 heterocycles. The molecule has 0 spiro atoms. The van der Waals surface area contributed by atoms with Crippen molar-refractivity contribution in [1.29, 1.82) is 0 Å². The van der Waals surface area contributed by atoms with Crippen molar-refractivity contribution in [2.75, 3.05) is 13.2 Å². The molecule has 0 aliphatic carbocycles. The van der Waals surface area contributed by atoms with Gasteiger partial charge >= 0.3 is 0 Å². The molecule has 0 amide bonds. The van der Waals surface area contributed by atoms with Crippen molar-refractivity contribution < 1.29 is 9.13 Å². The Balaban J connectivity index is 1.53. The highest BCUT2D eigenvalue weighted by atomic mass is 19.1. The van der Waals surface area contributed by atoms with Gasteiger partial charge < -0.3 is 9.30 Å². The summed E-state index contributed by atoms with van der Waals surface area (Å²) in [6, 6.07) is 19.0. The van der Waals surface area contributed by atoms with Crippen LogP contribution < -0.4 is 0 Å². The fraction of sp³-hybridized carbons (Fsp3) is 0.200. The van der Waals surface area contributed by atoms with Gasteiger partial charge in [-0.1, -0.05) is 30.3 Å². The molecule has 0 saturated carbocycles. The summed E-state index contributed by atoms with van der Waals surface area (Å²) in [4.78, 5) is 2.33. The molecule has 0 radical (unpaired) electrons. The third-order valence-corrected chi connectivity index (χ3v) is 4.34. The predicted molar refractivity (Wildman–Crippen MR) is 91.3 cm³/mol. The quantitative estimate of drug-likeness (QED) is 0.718. The molecule has 4 rings (SSSR count). The lowest BCUT2D eigenvalue weighted by atomic mass is 10.2. The van der Waals surface area contributed by atoms with Crippen molar-refractivity contribution >= 4 is 0 Å². The van der Waals surface area contributed by atoms with Crippen LogP contribution in [0.4, 0.5) is 4.39 Å². The van der Waals surface area contributed by atoms with Crippen LogP contribution in [0, 0.1) is 5.82 Å². The van der Waals surface area contributed by atoms with Gasteiger partial charge in [0.2, 0.25) is 0 Å². The Morgan fingerprint density at radius 3 is 2.58 bits per heavy atom. The number of aromatic nitrogens is 1. The van der Waals surface area contributed by atoms with Crippen molar-refractivity contribution in [3.05, 3.63) is 90.0 Å². The first-order valence-corrected chi connectivity index (χ1v) is 8.13. The summed E-state index contributed by atoms with van der Waals surface area (Å²) in [5.41, 5.74) is 3.34. The Bertz CT molecular complexity index is 798. The highest BCUT2D eigenvalue weighted by Crippen LogP contribution is 2.29. The van der Waals surface area contributed by atoms with E-state index in [4.69, 9.17) is 4.74 Å². The van der Waals surface area contributed by atoms with Crippen molar-refractivity contribution in [2.24, 2.45) is 0 Å². The van der Waals surface area contributed by atoms with Crippen LogP contribution in [0.15, 0.2) is 73.1 Å². The van der Waals surface area contributed by atoms with E-state index in [0.717, 1.165) is 30.9 Å². The van der Waals surface area contributed by atoms with Gasteiger partial charge in [0, 0.05) is 36.7 Å². The molecule has 3 aromatic rings. The van der Waals surface area contributed by atoms with Gasteiger partial charge in [0.05, 0.1) is 6.61 Å². The van der Waals surface area contributed by atoms with Gasteiger partial charge in [-0.2, -0.15) is 0 Å². The Kier molecular flexibility index (Phi) is 4.15. The number of rotatable bonds is 4. The van der Waals surface area contributed by atoms with E-state index in [1.807, 2.05) is 16.8 Å². The Morgan fingerprint density at radius 2 is 1.79 bits per heavy atom. The summed E-state index contributed by atoms with van der Waals surface area (Å²) in [5, 5.41) is 0. The molecule has 24 heavy (non-hydrogen) atoms. The molecular weight excluding hydrogens is 303 g/mol. The molecule has 122 valence electrons. The molecule has 3 nitrogen and oxygen atoms in total. The van der Waals surface area contributed by atoms with Crippen molar-refractivity contribution in [2.45, 2.75) is 12.8 Å². The minimum atomic E-state index is -0.223. The summed E-state index contributed by atoms with van der Waals surface area (Å²) in [6.45, 7) is 2.52. The van der Waals surface area contributed by atoms with Crippen molar-refractivity contribution in [3.8, 4) is 5.69 Å². The molecular formula is C20H19FN2O. The van der Waals surface area contributed by atoms with Crippen LogP contribution in [-0.2, 0) is 11.3 Å². The smallest absolute Gasteiger partial charge is 0.138 e. The minimum Gasteiger partial charge on any atom is -0.357 e. The van der Waals surface area contributed by atoms with Crippen LogP contribution in [0.25, 0.3) is 5.69 Å². The second kappa shape index (κ2) is 6.59. The van der Waals surface area contributed by atoms with E-state index >= 15 is 0 Å². The van der Waals surface area contributed by atoms with Crippen LogP contribution in [-0.4, -0.2) is 22.6 Å². The van der Waals surface area contributed by atoms with Crippen LogP contribution in [0.1, 0.15) is 17.4 Å². The maximum Gasteiger partial charge on any atom is 0.138 e. The zero-order chi connectivity index (χ0) is 16.4. The number of nitrogens with zero attached hydrogens (tertiary/aromatic N) is 2. The van der Waals surface area contributed by atoms with Gasteiger partial charge in [-0.25, -0.2) is 4.39 Å². The fourth-order valence-electron chi connectivity index (χ4n) is 3.12. The van der Waals surface area contributed by atoms with E-state index < -0.39 is 0 Å². The zero-order valence-electron chi connectivity index (χ0n) is 13.3. The van der Waals surface area contributed by atoms with E-state index in [1.54, 1.807) is 12.1 Å². The maximum absolute atomic E-state index is 13.1. The van der Waals surface area contributed by atoms with Crippen LogP contribution in [0.3, 0.4) is 0 Å². The summed E-state index contributed by atoms with van der Waals surface area (Å²) in [6.07, 6.45) is 4.01. The van der Waals surface area contributed by atoms with E-state index in [9.17, 15) is 4.39 Å². The van der Waals surface area contributed by atoms with Gasteiger partial charge in [-0.3, -0.25) is 4.90 Å². The Labute approximate surface area is 140 Å². The molecule has 1 atom stereocenters. The number of benzene rings is 2. The average Bonchev–Trinajstić information content (AvgIpc) is 3.25. The fourth-order valence-corrected chi connectivity index (χ4v) is 3.12. The SMILES string of the molecule is Fc1ccc(-n2ccc(C3OCCN3Cc3ccccc3)c2)cc1. The van der Waals surface area contributed by atoms with E-state index in [-0.39, 0.29) is 12.0 Å². The zero-order valence-corrected chi connectivity index (χ0v) is 13.3. The molecule has 1 aliphatic heterocycles. The normalized spacial score (nSPS) is 18.1. The second-order valence-electron chi connectivity index (χ2n) is 6.01. The largest absolute Gasteiger partial charge is 0.357 e. The first-order chi connectivity index (χ1) is 11.8. The average molecular weight is 322 g/mol. The van der Waals surface area contributed by atoms with E-state index in [1.165, 1.54) is 17.7 Å². The monoisotopic (exact) mass is 322 g/mol. The topological polar surface area (TPSA) is 17.4 Å². The van der Waals surface area contributed by atoms with Gasteiger partial charge in [0.25, 0.3) is 0 Å². The number of ether oxygens (including phenoxy) is 1. The second-order valence-corrected chi connectivity index (χ2v) is 6.01. The van der Waals surface area contributed by atoms with E-state index in [2.05, 4.69) is 41.4 Å². The van der Waals surface area contributed by atoms with Crippen molar-refractivity contribution in [3.63, 3.8) is 0 Å². The summed E-state index contributed by atoms with van der Waals surface area (Å²) >= 11 is 0. The highest BCUT2D eigenvalue weighted by Gasteiger charge is 2.27. The molecule has 4 heteroatoms. The van der Waals surface area contributed by atoms with Gasteiger partial charge in [-0.05, 0) is 35.9 Å². The number of hydrogen-bond donors (Lipinski definition) is 0. The molecule has 0 bridgehead atoms. The molecule has 1 aliphatic rings. The summed E-state index contributed by atoms with van der Waals surface area (Å²) in [5.74, 6) is -0.223. The molecule has 1 aromatic heterocycles. The number of halogens is 1. The first kappa shape index (κ1) is 15.1. The lowest BCUT2D eigenvalue weighted by Gasteiger charge is -2.22. The molecule has 1 unspecified atom stereocenters. The maximum atomic E-state index is 13.1. The number of hydrogen-bond acceptors (Lipinski definition) is 2. The van der Waals surface area contributed by atoms with Gasteiger partial charge in [-0.15, -0.1) is 0 Å². The standard InChI is InChI=1S/C20H19FN2O/c21-18-6-8-19(9-7-18)22-11-10-17(15-22)20-23(12-13-24-20)14-16-4-2-1-3-5-16/h1-11,15,20H,12-14H2. The van der Waals surface area contributed by atoms with Gasteiger partial charge in [0.15, 0.2) is 0 Å². The van der Waals surface area contributed by atoms with Crippen LogP contribution >= 0.6 is 0 Å². The molecule has 0 N–H and O–H groups in total. The first-order valence-electron chi connectivity index (χ1n) is 8.13. The highest BCUT2D eigenvalue weighted by molar-refractivity contribution is 5.34. The van der Waals surface area contributed by atoms with Crippen molar-refractivity contribution in [1.82, 2.24) is 9.47 Å². The van der Waals surface area contributed by atoms with Crippen LogP contribution in [0.2, 0.25) is 0 Å². The van der Waals surface area contributed by atoms with E-state index in [0.29, 0.717) is 0 Å². The van der Waals surface area contributed by atoms with Gasteiger partial charge in [0.1, 0.15) is 12.0 Å². The lowest BCUT2D eigenvalue weighted by molar-refractivity contribution is 0.0288. The Morgan fingerprint density at radius 1 is 1.00 bits per heavy atom. The molecule has 2 aromatic carbocycles.